The Bertz CT molecular complexity index is 803. The van der Waals surface area contributed by atoms with E-state index in [-0.39, 0.29) is 29.9 Å². The Kier molecular flexibility index (Phi) is 5.27. The number of likely N-dealkylation sites (tertiary alicyclic amines) is 1. The first-order chi connectivity index (χ1) is 13.1. The molecule has 0 spiro atoms. The second-order valence-corrected chi connectivity index (χ2v) is 8.34. The molecule has 3 heterocycles. The Hall–Kier alpha value is -2.18. The molecule has 0 saturated carbocycles. The van der Waals surface area contributed by atoms with E-state index in [1.165, 1.54) is 5.56 Å². The van der Waals surface area contributed by atoms with Crippen LogP contribution in [0.5, 0.6) is 0 Å². The molecule has 1 N–H and O–H groups in total. The zero-order valence-electron chi connectivity index (χ0n) is 15.4. The van der Waals surface area contributed by atoms with Gasteiger partial charge in [-0.1, -0.05) is 35.9 Å². The Labute approximate surface area is 163 Å². The van der Waals surface area contributed by atoms with E-state index >= 15 is 0 Å². The molecule has 2 amide bonds. The van der Waals surface area contributed by atoms with Crippen molar-refractivity contribution in [2.75, 3.05) is 13.2 Å². The van der Waals surface area contributed by atoms with Crippen LogP contribution in [0.2, 0.25) is 0 Å². The van der Waals surface area contributed by atoms with Gasteiger partial charge in [-0.2, -0.15) is 0 Å². The van der Waals surface area contributed by atoms with Crippen LogP contribution in [0.3, 0.4) is 0 Å². The highest BCUT2D eigenvalue weighted by atomic mass is 32.1. The van der Waals surface area contributed by atoms with Gasteiger partial charge in [0.15, 0.2) is 0 Å². The van der Waals surface area contributed by atoms with Crippen molar-refractivity contribution in [1.82, 2.24) is 10.2 Å². The number of hydrogen-bond donors (Lipinski definition) is 1. The van der Waals surface area contributed by atoms with Crippen LogP contribution in [0, 0.1) is 12.8 Å². The van der Waals surface area contributed by atoms with Crippen molar-refractivity contribution in [3.05, 3.63) is 57.8 Å². The third-order valence-electron chi connectivity index (χ3n) is 5.44. The lowest BCUT2D eigenvalue weighted by molar-refractivity contribution is -0.131. The predicted octanol–water partition coefficient (Wildman–Crippen LogP) is 2.53. The van der Waals surface area contributed by atoms with Crippen molar-refractivity contribution in [2.45, 2.75) is 38.5 Å². The van der Waals surface area contributed by atoms with E-state index in [0.29, 0.717) is 26.1 Å². The Morgan fingerprint density at radius 3 is 2.81 bits per heavy atom. The molecule has 142 valence electrons. The highest BCUT2D eigenvalue weighted by molar-refractivity contribution is 7.09. The van der Waals surface area contributed by atoms with Gasteiger partial charge in [0.05, 0.1) is 31.0 Å². The normalized spacial score (nSPS) is 24.0. The summed E-state index contributed by atoms with van der Waals surface area (Å²) >= 11 is 1.62. The van der Waals surface area contributed by atoms with Gasteiger partial charge in [-0.3, -0.25) is 9.59 Å². The molecule has 1 aromatic carbocycles. The van der Waals surface area contributed by atoms with E-state index in [0.717, 1.165) is 16.9 Å². The molecule has 0 unspecified atom stereocenters. The van der Waals surface area contributed by atoms with Gasteiger partial charge in [0.1, 0.15) is 0 Å². The third-order valence-corrected chi connectivity index (χ3v) is 6.32. The number of ether oxygens (including phenoxy) is 1. The molecule has 3 atom stereocenters. The van der Waals surface area contributed by atoms with Crippen LogP contribution in [-0.2, 0) is 27.3 Å². The number of hydrogen-bond acceptors (Lipinski definition) is 4. The summed E-state index contributed by atoms with van der Waals surface area (Å²) < 4.78 is 5.84. The lowest BCUT2D eigenvalue weighted by Gasteiger charge is -2.22. The zero-order valence-corrected chi connectivity index (χ0v) is 16.2. The standard InChI is InChI=1S/C21H24N2O3S/c1-14-4-6-15(7-5-14)11-19(24)23-13-17(20-18(23)8-9-26-20)21(25)22-12-16-3-2-10-27-16/h2-7,10,17-18,20H,8-9,11-13H2,1H3,(H,22,25)/t17-,18+,20+/m0/s1. The number of nitrogens with one attached hydrogen (secondary N) is 1. The largest absolute Gasteiger partial charge is 0.375 e. The van der Waals surface area contributed by atoms with Crippen molar-refractivity contribution in [3.8, 4) is 0 Å². The number of rotatable bonds is 5. The van der Waals surface area contributed by atoms with Crippen molar-refractivity contribution in [1.29, 1.82) is 0 Å². The van der Waals surface area contributed by atoms with Crippen LogP contribution < -0.4 is 5.32 Å². The number of aryl methyl sites for hydroxylation is 1. The molecule has 1 aromatic heterocycles. The average molecular weight is 385 g/mol. The molecule has 4 rings (SSSR count). The van der Waals surface area contributed by atoms with E-state index in [2.05, 4.69) is 5.32 Å². The van der Waals surface area contributed by atoms with E-state index in [4.69, 9.17) is 4.74 Å². The van der Waals surface area contributed by atoms with E-state index in [1.807, 2.05) is 53.6 Å². The predicted molar refractivity (Wildman–Crippen MR) is 104 cm³/mol. The molecular formula is C21H24N2O3S. The molecule has 6 heteroatoms. The van der Waals surface area contributed by atoms with Gasteiger partial charge in [0.2, 0.25) is 11.8 Å². The summed E-state index contributed by atoms with van der Waals surface area (Å²) in [5.74, 6) is -0.238. The summed E-state index contributed by atoms with van der Waals surface area (Å²) in [4.78, 5) is 28.6. The number of benzene rings is 1. The summed E-state index contributed by atoms with van der Waals surface area (Å²) in [6, 6.07) is 12.0. The summed E-state index contributed by atoms with van der Waals surface area (Å²) in [5, 5.41) is 5.01. The minimum Gasteiger partial charge on any atom is -0.375 e. The van der Waals surface area contributed by atoms with Gasteiger partial charge in [0, 0.05) is 18.0 Å². The topological polar surface area (TPSA) is 58.6 Å². The Morgan fingerprint density at radius 1 is 1.26 bits per heavy atom. The number of fused-ring (bicyclic) bond motifs is 1. The SMILES string of the molecule is Cc1ccc(CC(=O)N2C[C@H](C(=O)NCc3cccs3)[C@H]3OCC[C@H]32)cc1. The number of carbonyl (C=O) groups is 2. The van der Waals surface area contributed by atoms with Gasteiger partial charge >= 0.3 is 0 Å². The summed E-state index contributed by atoms with van der Waals surface area (Å²) in [5.41, 5.74) is 2.19. The van der Waals surface area contributed by atoms with Gasteiger partial charge in [-0.05, 0) is 30.4 Å². The summed E-state index contributed by atoms with van der Waals surface area (Å²) in [6.07, 6.45) is 0.988. The molecule has 5 nitrogen and oxygen atoms in total. The van der Waals surface area contributed by atoms with Crippen LogP contribution >= 0.6 is 11.3 Å². The fraction of sp³-hybridized carbons (Fsp3) is 0.429. The molecule has 2 saturated heterocycles. The molecule has 0 aliphatic carbocycles. The molecule has 0 radical (unpaired) electrons. The lowest BCUT2D eigenvalue weighted by Crippen LogP contribution is -2.38. The van der Waals surface area contributed by atoms with Crippen molar-refractivity contribution in [3.63, 3.8) is 0 Å². The minimum absolute atomic E-state index is 0.0143. The van der Waals surface area contributed by atoms with E-state index in [1.54, 1.807) is 11.3 Å². The first-order valence-corrected chi connectivity index (χ1v) is 10.3. The Morgan fingerprint density at radius 2 is 2.07 bits per heavy atom. The van der Waals surface area contributed by atoms with E-state index in [9.17, 15) is 9.59 Å². The lowest BCUT2D eigenvalue weighted by atomic mass is 10.0. The fourth-order valence-electron chi connectivity index (χ4n) is 3.99. The number of thiophene rings is 1. The van der Waals surface area contributed by atoms with Crippen LogP contribution in [0.15, 0.2) is 41.8 Å². The maximum absolute atomic E-state index is 12.9. The zero-order chi connectivity index (χ0) is 18.8. The highest BCUT2D eigenvalue weighted by Gasteiger charge is 2.50. The van der Waals surface area contributed by atoms with Crippen LogP contribution in [0.4, 0.5) is 0 Å². The van der Waals surface area contributed by atoms with Crippen molar-refractivity contribution >= 4 is 23.2 Å². The molecule has 27 heavy (non-hydrogen) atoms. The van der Waals surface area contributed by atoms with Gasteiger partial charge in [-0.15, -0.1) is 11.3 Å². The average Bonchev–Trinajstić information content (AvgIpc) is 3.39. The number of carbonyl (C=O) groups excluding carboxylic acids is 2. The van der Waals surface area contributed by atoms with Crippen LogP contribution in [0.1, 0.15) is 22.4 Å². The van der Waals surface area contributed by atoms with Gasteiger partial charge < -0.3 is 15.0 Å². The second-order valence-electron chi connectivity index (χ2n) is 7.30. The number of nitrogens with zero attached hydrogens (tertiary/aromatic N) is 1. The molecule has 2 fully saturated rings. The molecule has 2 aromatic rings. The van der Waals surface area contributed by atoms with Crippen molar-refractivity contribution < 1.29 is 14.3 Å². The smallest absolute Gasteiger partial charge is 0.227 e. The third kappa shape index (κ3) is 3.92. The maximum Gasteiger partial charge on any atom is 0.227 e. The second kappa shape index (κ2) is 7.82. The van der Waals surface area contributed by atoms with Crippen LogP contribution in [0.25, 0.3) is 0 Å². The quantitative estimate of drug-likeness (QED) is 0.862. The first-order valence-electron chi connectivity index (χ1n) is 9.38. The van der Waals surface area contributed by atoms with Gasteiger partial charge in [0.25, 0.3) is 0 Å². The summed E-state index contributed by atoms with van der Waals surface area (Å²) in [6.45, 7) is 3.61. The molecular weight excluding hydrogens is 360 g/mol. The summed E-state index contributed by atoms with van der Waals surface area (Å²) in [7, 11) is 0. The van der Waals surface area contributed by atoms with Gasteiger partial charge in [-0.25, -0.2) is 0 Å². The Balaban J connectivity index is 1.41. The fourth-order valence-corrected chi connectivity index (χ4v) is 4.63. The maximum atomic E-state index is 12.9. The molecule has 0 bridgehead atoms. The minimum atomic E-state index is -0.292. The van der Waals surface area contributed by atoms with E-state index < -0.39 is 0 Å². The first kappa shape index (κ1) is 18.2. The molecule has 2 aliphatic heterocycles. The number of amides is 2. The van der Waals surface area contributed by atoms with Crippen molar-refractivity contribution in [2.24, 2.45) is 5.92 Å². The molecule has 2 aliphatic rings. The van der Waals surface area contributed by atoms with Crippen LogP contribution in [-0.4, -0.2) is 42.0 Å². The monoisotopic (exact) mass is 384 g/mol. The highest BCUT2D eigenvalue weighted by Crippen LogP contribution is 2.34.